The molecule has 1 heterocycles. The molecule has 1 aromatic carbocycles. The third kappa shape index (κ3) is 4.42. The van der Waals surface area contributed by atoms with Crippen LogP contribution in [0.1, 0.15) is 13.8 Å². The summed E-state index contributed by atoms with van der Waals surface area (Å²) in [5.41, 5.74) is 0.746. The highest BCUT2D eigenvalue weighted by Gasteiger charge is 2.21. The van der Waals surface area contributed by atoms with Crippen molar-refractivity contribution in [3.8, 4) is 5.75 Å². The van der Waals surface area contributed by atoms with Gasteiger partial charge in [0.25, 0.3) is 0 Å². The number of carbonyl (C=O) groups is 1. The second-order valence-corrected chi connectivity index (χ2v) is 6.42. The molecular weight excluding hydrogens is 272 g/mol. The Balaban J connectivity index is 1.98. The molecule has 0 bridgehead atoms. The molecule has 110 valence electrons. The number of para-hydroxylation sites is 2. The second kappa shape index (κ2) is 7.55. The van der Waals surface area contributed by atoms with Gasteiger partial charge >= 0.3 is 0 Å². The van der Waals surface area contributed by atoms with Crippen LogP contribution in [0, 0.1) is 5.92 Å². The lowest BCUT2D eigenvalue weighted by atomic mass is 10.2. The Morgan fingerprint density at radius 2 is 2.30 bits per heavy atom. The largest absolute Gasteiger partial charge is 0.491 e. The summed E-state index contributed by atoms with van der Waals surface area (Å²) >= 11 is 1.81. The van der Waals surface area contributed by atoms with Gasteiger partial charge in [-0.05, 0) is 18.1 Å². The maximum atomic E-state index is 12.2. The molecule has 0 spiro atoms. The lowest BCUT2D eigenvalue weighted by Gasteiger charge is -2.23. The highest BCUT2D eigenvalue weighted by molar-refractivity contribution is 7.99. The molecule has 2 N–H and O–H groups in total. The third-order valence-corrected chi connectivity index (χ3v) is 4.02. The van der Waals surface area contributed by atoms with E-state index in [0.717, 1.165) is 29.5 Å². The van der Waals surface area contributed by atoms with Gasteiger partial charge in [0.1, 0.15) is 5.75 Å². The normalized spacial score (nSPS) is 18.9. The molecule has 1 aliphatic heterocycles. The van der Waals surface area contributed by atoms with Crippen LogP contribution < -0.4 is 15.4 Å². The first-order valence-electron chi connectivity index (χ1n) is 7.00. The molecular formula is C15H22N2O2S. The molecule has 1 aliphatic rings. The van der Waals surface area contributed by atoms with Crippen LogP contribution >= 0.6 is 11.8 Å². The van der Waals surface area contributed by atoms with Gasteiger partial charge in [-0.3, -0.25) is 4.79 Å². The number of hydrogen-bond donors (Lipinski definition) is 2. The van der Waals surface area contributed by atoms with Gasteiger partial charge in [0.2, 0.25) is 5.91 Å². The van der Waals surface area contributed by atoms with Gasteiger partial charge < -0.3 is 15.4 Å². The zero-order chi connectivity index (χ0) is 14.4. The molecule has 1 unspecified atom stereocenters. The number of anilines is 1. The molecule has 5 heteroatoms. The van der Waals surface area contributed by atoms with E-state index in [-0.39, 0.29) is 11.9 Å². The molecule has 20 heavy (non-hydrogen) atoms. The first-order chi connectivity index (χ1) is 9.66. The van der Waals surface area contributed by atoms with Gasteiger partial charge in [-0.25, -0.2) is 0 Å². The fraction of sp³-hybridized carbons (Fsp3) is 0.533. The SMILES string of the molecule is CC(C)COc1ccccc1NC(=O)C1CSCCN1. The molecule has 0 aliphatic carbocycles. The third-order valence-electron chi connectivity index (χ3n) is 2.96. The predicted octanol–water partition coefficient (Wildman–Crippen LogP) is 2.36. The van der Waals surface area contributed by atoms with Gasteiger partial charge in [-0.2, -0.15) is 11.8 Å². The van der Waals surface area contributed by atoms with Gasteiger partial charge in [0, 0.05) is 18.1 Å². The first kappa shape index (κ1) is 15.2. The fourth-order valence-corrected chi connectivity index (χ4v) is 2.84. The van der Waals surface area contributed by atoms with Crippen molar-refractivity contribution in [1.82, 2.24) is 5.32 Å². The van der Waals surface area contributed by atoms with Gasteiger partial charge in [0.05, 0.1) is 18.3 Å². The van der Waals surface area contributed by atoms with Crippen LogP contribution in [0.2, 0.25) is 0 Å². The Morgan fingerprint density at radius 1 is 1.50 bits per heavy atom. The lowest BCUT2D eigenvalue weighted by Crippen LogP contribution is -2.46. The summed E-state index contributed by atoms with van der Waals surface area (Å²) in [5.74, 6) is 3.09. The lowest BCUT2D eigenvalue weighted by molar-refractivity contribution is -0.117. The van der Waals surface area contributed by atoms with Crippen molar-refractivity contribution in [1.29, 1.82) is 0 Å². The Morgan fingerprint density at radius 3 is 3.00 bits per heavy atom. The molecule has 1 fully saturated rings. The Hall–Kier alpha value is -1.20. The number of thioether (sulfide) groups is 1. The molecule has 0 saturated carbocycles. The fourth-order valence-electron chi connectivity index (χ4n) is 1.91. The quantitative estimate of drug-likeness (QED) is 0.875. The van der Waals surface area contributed by atoms with Crippen LogP contribution in [-0.4, -0.2) is 36.6 Å². The zero-order valence-corrected chi connectivity index (χ0v) is 12.8. The van der Waals surface area contributed by atoms with E-state index in [1.807, 2.05) is 24.3 Å². The summed E-state index contributed by atoms with van der Waals surface area (Å²) in [7, 11) is 0. The number of nitrogens with one attached hydrogen (secondary N) is 2. The van der Waals surface area contributed by atoms with Gasteiger partial charge in [-0.15, -0.1) is 0 Å². The predicted molar refractivity (Wildman–Crippen MR) is 84.5 cm³/mol. The maximum absolute atomic E-state index is 12.2. The number of amides is 1. The Labute approximate surface area is 124 Å². The second-order valence-electron chi connectivity index (χ2n) is 5.27. The monoisotopic (exact) mass is 294 g/mol. The summed E-state index contributed by atoms with van der Waals surface area (Å²) in [6.07, 6.45) is 0. The van der Waals surface area contributed by atoms with E-state index in [0.29, 0.717) is 12.5 Å². The van der Waals surface area contributed by atoms with E-state index in [9.17, 15) is 4.79 Å². The first-order valence-corrected chi connectivity index (χ1v) is 8.16. The average Bonchev–Trinajstić information content (AvgIpc) is 2.47. The highest BCUT2D eigenvalue weighted by atomic mass is 32.2. The number of carbonyl (C=O) groups excluding carboxylic acids is 1. The summed E-state index contributed by atoms with van der Waals surface area (Å²) in [4.78, 5) is 12.2. The summed E-state index contributed by atoms with van der Waals surface area (Å²) in [5, 5.41) is 6.20. The molecule has 1 atom stereocenters. The van der Waals surface area contributed by atoms with Crippen molar-refractivity contribution in [3.63, 3.8) is 0 Å². The van der Waals surface area contributed by atoms with Crippen LogP contribution in [0.25, 0.3) is 0 Å². The van der Waals surface area contributed by atoms with Crippen LogP contribution in [0.3, 0.4) is 0 Å². The molecule has 1 aromatic rings. The van der Waals surface area contributed by atoms with Crippen molar-refractivity contribution in [2.45, 2.75) is 19.9 Å². The van der Waals surface area contributed by atoms with E-state index >= 15 is 0 Å². The highest BCUT2D eigenvalue weighted by Crippen LogP contribution is 2.24. The van der Waals surface area contributed by atoms with Gasteiger partial charge in [-0.1, -0.05) is 26.0 Å². The smallest absolute Gasteiger partial charge is 0.242 e. The van der Waals surface area contributed by atoms with Crippen molar-refractivity contribution in [2.75, 3.05) is 30.0 Å². The van der Waals surface area contributed by atoms with Crippen molar-refractivity contribution in [3.05, 3.63) is 24.3 Å². The number of benzene rings is 1. The molecule has 1 amide bonds. The van der Waals surface area contributed by atoms with Gasteiger partial charge in [0.15, 0.2) is 0 Å². The Bertz CT molecular complexity index is 445. The average molecular weight is 294 g/mol. The maximum Gasteiger partial charge on any atom is 0.242 e. The van der Waals surface area contributed by atoms with Crippen molar-refractivity contribution in [2.24, 2.45) is 5.92 Å². The van der Waals surface area contributed by atoms with Crippen molar-refractivity contribution >= 4 is 23.4 Å². The number of rotatable bonds is 5. The molecule has 4 nitrogen and oxygen atoms in total. The van der Waals surface area contributed by atoms with E-state index in [1.54, 1.807) is 11.8 Å². The minimum Gasteiger partial charge on any atom is -0.491 e. The molecule has 0 aromatic heterocycles. The van der Waals surface area contributed by atoms with E-state index in [4.69, 9.17) is 4.74 Å². The summed E-state index contributed by atoms with van der Waals surface area (Å²) in [6, 6.07) is 7.47. The number of hydrogen-bond acceptors (Lipinski definition) is 4. The minimum absolute atomic E-state index is 0.0118. The summed E-state index contributed by atoms with van der Waals surface area (Å²) < 4.78 is 5.75. The number of ether oxygens (including phenoxy) is 1. The summed E-state index contributed by atoms with van der Waals surface area (Å²) in [6.45, 7) is 5.73. The van der Waals surface area contributed by atoms with E-state index < -0.39 is 0 Å². The zero-order valence-electron chi connectivity index (χ0n) is 12.0. The standard InChI is InChI=1S/C15H22N2O2S/c1-11(2)9-19-14-6-4-3-5-12(14)17-15(18)13-10-20-8-7-16-13/h3-6,11,13,16H,7-10H2,1-2H3,(H,17,18). The topological polar surface area (TPSA) is 50.4 Å². The van der Waals surface area contributed by atoms with Crippen LogP contribution in [0.4, 0.5) is 5.69 Å². The molecule has 2 rings (SSSR count). The molecule has 1 saturated heterocycles. The Kier molecular flexibility index (Phi) is 5.73. The van der Waals surface area contributed by atoms with E-state index in [2.05, 4.69) is 24.5 Å². The minimum atomic E-state index is -0.119. The molecule has 0 radical (unpaired) electrons. The van der Waals surface area contributed by atoms with E-state index in [1.165, 1.54) is 0 Å². The van der Waals surface area contributed by atoms with Crippen molar-refractivity contribution < 1.29 is 9.53 Å². The van der Waals surface area contributed by atoms with Crippen LogP contribution in [0.15, 0.2) is 24.3 Å². The van der Waals surface area contributed by atoms with Crippen LogP contribution in [0.5, 0.6) is 5.75 Å². The van der Waals surface area contributed by atoms with Crippen LogP contribution in [-0.2, 0) is 4.79 Å².